The number of nitrogens with one attached hydrogen (secondary N) is 2. The van der Waals surface area contributed by atoms with E-state index >= 15 is 0 Å². The van der Waals surface area contributed by atoms with E-state index in [1.165, 1.54) is 5.69 Å². The van der Waals surface area contributed by atoms with Crippen LogP contribution >= 0.6 is 0 Å². The van der Waals surface area contributed by atoms with Crippen molar-refractivity contribution in [1.82, 2.24) is 10.3 Å². The number of pyridine rings is 1. The van der Waals surface area contributed by atoms with Crippen molar-refractivity contribution >= 4 is 21.4 Å². The summed E-state index contributed by atoms with van der Waals surface area (Å²) < 4.78 is 33.0. The van der Waals surface area contributed by atoms with Gasteiger partial charge in [0.2, 0.25) is 10.0 Å². The van der Waals surface area contributed by atoms with Gasteiger partial charge in [-0.25, -0.2) is 8.42 Å². The highest BCUT2D eigenvalue weighted by molar-refractivity contribution is 7.93. The summed E-state index contributed by atoms with van der Waals surface area (Å²) in [5.41, 5.74) is 6.38. The second-order valence-corrected chi connectivity index (χ2v) is 11.0. The Bertz CT molecular complexity index is 1250. The molecule has 1 saturated heterocycles. The van der Waals surface area contributed by atoms with E-state index in [-0.39, 0.29) is 0 Å². The van der Waals surface area contributed by atoms with Gasteiger partial charge in [-0.2, -0.15) is 0 Å². The van der Waals surface area contributed by atoms with Gasteiger partial charge >= 0.3 is 0 Å². The number of hydrogen-bond acceptors (Lipinski definition) is 6. The smallest absolute Gasteiger partial charge is 0.235 e. The van der Waals surface area contributed by atoms with E-state index in [0.717, 1.165) is 54.1 Å². The average Bonchev–Trinajstić information content (AvgIpc) is 2.84. The fraction of sp³-hybridized carbons (Fsp3) is 0.346. The van der Waals surface area contributed by atoms with Gasteiger partial charge in [-0.05, 0) is 62.2 Å². The van der Waals surface area contributed by atoms with Crippen molar-refractivity contribution in [3.63, 3.8) is 0 Å². The van der Waals surface area contributed by atoms with Crippen molar-refractivity contribution in [1.29, 1.82) is 0 Å². The molecule has 3 aromatic rings. The van der Waals surface area contributed by atoms with Crippen LogP contribution in [-0.2, 0) is 10.0 Å². The Hall–Kier alpha value is -3.10. The van der Waals surface area contributed by atoms with Crippen LogP contribution < -0.4 is 19.7 Å². The maximum Gasteiger partial charge on any atom is 0.235 e. The van der Waals surface area contributed by atoms with Crippen LogP contribution in [0.4, 0.5) is 11.4 Å². The predicted octanol–water partition coefficient (Wildman–Crippen LogP) is 4.29. The molecule has 34 heavy (non-hydrogen) atoms. The molecule has 1 aliphatic heterocycles. The van der Waals surface area contributed by atoms with Crippen molar-refractivity contribution in [2.75, 3.05) is 42.9 Å². The molecule has 0 saturated carbocycles. The quantitative estimate of drug-likeness (QED) is 0.525. The second-order valence-electron chi connectivity index (χ2n) is 8.79. The van der Waals surface area contributed by atoms with Gasteiger partial charge in [0.05, 0.1) is 18.0 Å². The molecule has 1 fully saturated rings. The normalized spacial score (nSPS) is 14.3. The van der Waals surface area contributed by atoms with Crippen molar-refractivity contribution in [3.8, 4) is 28.0 Å². The minimum absolute atomic E-state index is 0.466. The van der Waals surface area contributed by atoms with Gasteiger partial charge in [0.15, 0.2) is 0 Å². The monoisotopic (exact) mass is 480 g/mol. The largest absolute Gasteiger partial charge is 0.497 e. The molecule has 2 N–H and O–H groups in total. The number of anilines is 2. The molecule has 0 atom stereocenters. The summed E-state index contributed by atoms with van der Waals surface area (Å²) in [6, 6.07) is 16.1. The Balaban J connectivity index is 1.67. The second kappa shape index (κ2) is 10.0. The Morgan fingerprint density at radius 3 is 2.35 bits per heavy atom. The highest BCUT2D eigenvalue weighted by Crippen LogP contribution is 2.33. The number of hydrogen-bond donors (Lipinski definition) is 2. The number of piperazine rings is 1. The zero-order valence-electron chi connectivity index (χ0n) is 20.1. The third-order valence-electron chi connectivity index (χ3n) is 6.10. The van der Waals surface area contributed by atoms with Gasteiger partial charge in [-0.3, -0.25) is 9.71 Å². The van der Waals surface area contributed by atoms with E-state index in [2.05, 4.69) is 50.3 Å². The van der Waals surface area contributed by atoms with E-state index in [1.807, 2.05) is 25.3 Å². The fourth-order valence-corrected chi connectivity index (χ4v) is 4.67. The summed E-state index contributed by atoms with van der Waals surface area (Å²) in [6.45, 7) is 9.27. The van der Waals surface area contributed by atoms with Crippen molar-refractivity contribution < 1.29 is 13.2 Å². The first-order chi connectivity index (χ1) is 16.3. The highest BCUT2D eigenvalue weighted by Gasteiger charge is 2.17. The summed E-state index contributed by atoms with van der Waals surface area (Å²) in [5.74, 6) is 0.573. The fourth-order valence-electron chi connectivity index (χ4n) is 3.98. The molecule has 8 heteroatoms. The van der Waals surface area contributed by atoms with Gasteiger partial charge in [0.1, 0.15) is 5.75 Å². The van der Waals surface area contributed by atoms with E-state index in [9.17, 15) is 8.42 Å². The van der Waals surface area contributed by atoms with Crippen LogP contribution in [0.1, 0.15) is 19.5 Å². The minimum Gasteiger partial charge on any atom is -0.497 e. The van der Waals surface area contributed by atoms with Crippen LogP contribution in [0.2, 0.25) is 0 Å². The summed E-state index contributed by atoms with van der Waals surface area (Å²) in [6.07, 6.45) is 1.88. The lowest BCUT2D eigenvalue weighted by atomic mass is 9.98. The number of methoxy groups -OCH3 is 1. The first-order valence-electron chi connectivity index (χ1n) is 11.5. The molecule has 0 bridgehead atoms. The lowest BCUT2D eigenvalue weighted by molar-refractivity contribution is 0.415. The summed E-state index contributed by atoms with van der Waals surface area (Å²) in [5, 5.41) is 2.84. The van der Waals surface area contributed by atoms with E-state index in [0.29, 0.717) is 11.4 Å². The van der Waals surface area contributed by atoms with Gasteiger partial charge in [-0.15, -0.1) is 0 Å². The third-order valence-corrected chi connectivity index (χ3v) is 7.87. The zero-order valence-corrected chi connectivity index (χ0v) is 20.9. The van der Waals surface area contributed by atoms with Gasteiger partial charge in [-0.1, -0.05) is 12.1 Å². The molecule has 2 aromatic carbocycles. The lowest BCUT2D eigenvalue weighted by Crippen LogP contribution is -2.43. The maximum absolute atomic E-state index is 12.4. The summed E-state index contributed by atoms with van der Waals surface area (Å²) in [4.78, 5) is 7.02. The molecule has 0 aliphatic carbocycles. The van der Waals surface area contributed by atoms with E-state index in [4.69, 9.17) is 4.74 Å². The van der Waals surface area contributed by atoms with Crippen molar-refractivity contribution in [2.45, 2.75) is 26.0 Å². The standard InChI is InChI=1S/C26H32N4O3S/c1-18(2)34(31,32)29-23-13-21(14-25(16-23)33-4)26-15-22(17-28-19(26)3)20-5-7-24(8-6-20)30-11-9-27-10-12-30/h5-8,13-18,27,29H,9-12H2,1-4H3. The number of sulfonamides is 1. The zero-order chi connectivity index (χ0) is 24.3. The molecule has 0 amide bonds. The Labute approximate surface area is 202 Å². The average molecular weight is 481 g/mol. The molecule has 4 rings (SSSR count). The number of aromatic nitrogens is 1. The van der Waals surface area contributed by atoms with Crippen LogP contribution in [0.5, 0.6) is 5.75 Å². The lowest BCUT2D eigenvalue weighted by Gasteiger charge is -2.29. The first kappa shape index (κ1) is 24.0. The highest BCUT2D eigenvalue weighted by atomic mass is 32.2. The molecule has 0 spiro atoms. The third kappa shape index (κ3) is 5.34. The summed E-state index contributed by atoms with van der Waals surface area (Å²) >= 11 is 0. The molecule has 0 radical (unpaired) electrons. The Morgan fingerprint density at radius 2 is 1.71 bits per heavy atom. The van der Waals surface area contributed by atoms with Gasteiger partial charge < -0.3 is 15.0 Å². The predicted molar refractivity (Wildman–Crippen MR) is 139 cm³/mol. The Kier molecular flexibility index (Phi) is 7.09. The van der Waals surface area contributed by atoms with Crippen molar-refractivity contribution in [2.24, 2.45) is 0 Å². The van der Waals surface area contributed by atoms with E-state index in [1.54, 1.807) is 27.0 Å². The number of rotatable bonds is 7. The van der Waals surface area contributed by atoms with Gasteiger partial charge in [0.25, 0.3) is 0 Å². The Morgan fingerprint density at radius 1 is 1.00 bits per heavy atom. The van der Waals surface area contributed by atoms with Crippen LogP contribution in [0, 0.1) is 6.92 Å². The molecule has 2 heterocycles. The maximum atomic E-state index is 12.4. The molecular formula is C26H32N4O3S. The number of benzene rings is 2. The van der Waals surface area contributed by atoms with Crippen molar-refractivity contribution in [3.05, 3.63) is 60.4 Å². The number of ether oxygens (including phenoxy) is 1. The van der Waals surface area contributed by atoms with Crippen LogP contribution in [0.15, 0.2) is 54.7 Å². The SMILES string of the molecule is COc1cc(NS(=O)(=O)C(C)C)cc(-c2cc(-c3ccc(N4CCNCC4)cc3)cnc2C)c1. The first-order valence-corrected chi connectivity index (χ1v) is 13.1. The van der Waals surface area contributed by atoms with E-state index < -0.39 is 15.3 Å². The van der Waals surface area contributed by atoms with Crippen LogP contribution in [-0.4, -0.2) is 51.9 Å². The topological polar surface area (TPSA) is 83.6 Å². The van der Waals surface area contributed by atoms with Gasteiger partial charge in [0, 0.05) is 61.0 Å². The number of aryl methyl sites for hydroxylation is 1. The van der Waals surface area contributed by atoms with Crippen LogP contribution in [0.3, 0.4) is 0 Å². The number of nitrogens with zero attached hydrogens (tertiary/aromatic N) is 2. The minimum atomic E-state index is -3.48. The molecular weight excluding hydrogens is 448 g/mol. The molecule has 1 aliphatic rings. The molecule has 1 aromatic heterocycles. The molecule has 0 unspecified atom stereocenters. The van der Waals surface area contributed by atoms with Crippen LogP contribution in [0.25, 0.3) is 22.3 Å². The molecule has 7 nitrogen and oxygen atoms in total. The molecule has 180 valence electrons. The summed E-state index contributed by atoms with van der Waals surface area (Å²) in [7, 11) is -1.91.